The maximum atomic E-state index is 13.9. The van der Waals surface area contributed by atoms with Crippen LogP contribution in [0.15, 0.2) is 77.2 Å². The molecule has 154 valence electrons. The molecule has 7 nitrogen and oxygen atoms in total. The molecule has 0 unspecified atom stereocenters. The van der Waals surface area contributed by atoms with E-state index < -0.39 is 24.0 Å². The molecule has 0 fully saturated rings. The van der Waals surface area contributed by atoms with Crippen LogP contribution in [0.4, 0.5) is 4.39 Å². The number of ether oxygens (including phenoxy) is 1. The molecule has 2 aromatic carbocycles. The van der Waals surface area contributed by atoms with E-state index >= 15 is 0 Å². The quantitative estimate of drug-likeness (QED) is 0.638. The summed E-state index contributed by atoms with van der Waals surface area (Å²) in [5, 5.41) is 15.3. The molecule has 4 rings (SSSR count). The lowest BCUT2D eigenvalue weighted by Gasteiger charge is -2.28. The van der Waals surface area contributed by atoms with Gasteiger partial charge in [-0.25, -0.2) is 9.18 Å². The second-order valence-corrected chi connectivity index (χ2v) is 6.78. The number of benzene rings is 2. The van der Waals surface area contributed by atoms with Crippen LogP contribution in [0.1, 0.15) is 24.1 Å². The molecule has 2 aromatic rings. The topological polar surface area (TPSA) is 86.2 Å². The zero-order chi connectivity index (χ0) is 21.1. The number of allylic oxidation sites excluding steroid dienone is 1. The molecule has 2 aliphatic rings. The molecule has 8 heteroatoms. The summed E-state index contributed by atoms with van der Waals surface area (Å²) in [4.78, 5) is 16.5. The van der Waals surface area contributed by atoms with Gasteiger partial charge in [-0.2, -0.15) is 0 Å². The lowest BCUT2D eigenvalue weighted by Crippen LogP contribution is -2.38. The van der Waals surface area contributed by atoms with E-state index in [2.05, 4.69) is 15.7 Å². The Bertz CT molecular complexity index is 1040. The third kappa shape index (κ3) is 3.84. The minimum absolute atomic E-state index is 0.0189. The Balaban J connectivity index is 1.60. The van der Waals surface area contributed by atoms with Crippen LogP contribution in [0.2, 0.25) is 0 Å². The fraction of sp³-hybridized carbons (Fsp3) is 0.182. The number of phenolic OH excluding ortho intramolecular Hbond substituents is 1. The number of halogens is 1. The van der Waals surface area contributed by atoms with Crippen molar-refractivity contribution in [2.24, 2.45) is 4.99 Å². The van der Waals surface area contributed by atoms with Crippen molar-refractivity contribution < 1.29 is 19.0 Å². The monoisotopic (exact) mass is 408 g/mol. The Labute approximate surface area is 173 Å². The number of hydrogen-bond donors (Lipinski definition) is 3. The van der Waals surface area contributed by atoms with Gasteiger partial charge in [-0.05, 0) is 30.7 Å². The van der Waals surface area contributed by atoms with E-state index in [-0.39, 0.29) is 12.4 Å². The number of esters is 1. The number of rotatable bonds is 6. The SMILES string of the molecule is CCOC(=O)C1=CNN2C=C(N[C@H](c3ccccc3)c3cc(F)ccc3O)C=N[C@H]12. The van der Waals surface area contributed by atoms with Gasteiger partial charge >= 0.3 is 5.97 Å². The van der Waals surface area contributed by atoms with Gasteiger partial charge in [-0.15, -0.1) is 0 Å². The Morgan fingerprint density at radius 2 is 2.13 bits per heavy atom. The number of carbonyl (C=O) groups is 1. The summed E-state index contributed by atoms with van der Waals surface area (Å²) in [5.74, 6) is -0.887. The molecule has 2 heterocycles. The first-order valence-corrected chi connectivity index (χ1v) is 9.53. The standard InChI is InChI=1S/C22H21FN4O3/c1-2-30-22(29)18-12-25-27-13-16(11-24-21(18)27)26-20(14-6-4-3-5-7-14)17-10-15(23)8-9-19(17)28/h3-13,20-21,25-26,28H,2H2,1H3/t20-,21+/m1/s1. The van der Waals surface area contributed by atoms with Gasteiger partial charge in [0.15, 0.2) is 6.17 Å². The molecule has 0 saturated heterocycles. The molecule has 0 spiro atoms. The van der Waals surface area contributed by atoms with E-state index in [0.717, 1.165) is 5.56 Å². The lowest BCUT2D eigenvalue weighted by atomic mass is 9.97. The largest absolute Gasteiger partial charge is 0.508 e. The Morgan fingerprint density at radius 1 is 1.33 bits per heavy atom. The van der Waals surface area contributed by atoms with Crippen LogP contribution >= 0.6 is 0 Å². The highest BCUT2D eigenvalue weighted by atomic mass is 19.1. The van der Waals surface area contributed by atoms with Crippen LogP contribution < -0.4 is 10.7 Å². The first kappa shape index (κ1) is 19.5. The minimum Gasteiger partial charge on any atom is -0.508 e. The summed E-state index contributed by atoms with van der Waals surface area (Å²) in [5.41, 5.74) is 5.25. The van der Waals surface area contributed by atoms with E-state index in [4.69, 9.17) is 4.74 Å². The summed E-state index contributed by atoms with van der Waals surface area (Å²) in [6, 6.07) is 12.7. The molecule has 0 aromatic heterocycles. The van der Waals surface area contributed by atoms with Gasteiger partial charge in [0.25, 0.3) is 0 Å². The van der Waals surface area contributed by atoms with E-state index in [0.29, 0.717) is 16.8 Å². The van der Waals surface area contributed by atoms with Crippen molar-refractivity contribution in [3.8, 4) is 5.75 Å². The molecule has 0 bridgehead atoms. The highest BCUT2D eigenvalue weighted by Crippen LogP contribution is 2.31. The number of aromatic hydroxyl groups is 1. The van der Waals surface area contributed by atoms with Gasteiger partial charge in [0, 0.05) is 24.2 Å². The normalized spacial score (nSPS) is 18.1. The number of fused-ring (bicyclic) bond motifs is 1. The van der Waals surface area contributed by atoms with Crippen LogP contribution in [-0.4, -0.2) is 35.1 Å². The fourth-order valence-corrected chi connectivity index (χ4v) is 3.40. The van der Waals surface area contributed by atoms with Crippen LogP contribution in [0.3, 0.4) is 0 Å². The van der Waals surface area contributed by atoms with Gasteiger partial charge in [-0.3, -0.25) is 10.0 Å². The highest BCUT2D eigenvalue weighted by Gasteiger charge is 2.33. The summed E-state index contributed by atoms with van der Waals surface area (Å²) in [7, 11) is 0. The van der Waals surface area contributed by atoms with Crippen LogP contribution in [-0.2, 0) is 9.53 Å². The number of nitrogens with zero attached hydrogens (tertiary/aromatic N) is 2. The lowest BCUT2D eigenvalue weighted by molar-refractivity contribution is -0.138. The van der Waals surface area contributed by atoms with Crippen molar-refractivity contribution in [3.05, 3.63) is 89.1 Å². The Hall–Kier alpha value is -3.81. The molecular formula is C22H21FN4O3. The molecule has 30 heavy (non-hydrogen) atoms. The molecule has 3 N–H and O–H groups in total. The minimum atomic E-state index is -0.521. The third-order valence-corrected chi connectivity index (χ3v) is 4.80. The third-order valence-electron chi connectivity index (χ3n) is 4.80. The molecule has 2 aliphatic heterocycles. The maximum absolute atomic E-state index is 13.9. The average molecular weight is 408 g/mol. The molecule has 0 saturated carbocycles. The van der Waals surface area contributed by atoms with Crippen LogP contribution in [0.25, 0.3) is 0 Å². The van der Waals surface area contributed by atoms with Crippen LogP contribution in [0.5, 0.6) is 5.75 Å². The molecule has 0 radical (unpaired) electrons. The van der Waals surface area contributed by atoms with Crippen molar-refractivity contribution in [1.29, 1.82) is 0 Å². The van der Waals surface area contributed by atoms with Gasteiger partial charge in [0.05, 0.1) is 18.3 Å². The zero-order valence-corrected chi connectivity index (χ0v) is 16.2. The van der Waals surface area contributed by atoms with E-state index in [1.165, 1.54) is 18.2 Å². The maximum Gasteiger partial charge on any atom is 0.339 e. The van der Waals surface area contributed by atoms with Crippen molar-refractivity contribution in [1.82, 2.24) is 15.8 Å². The predicted molar refractivity (Wildman–Crippen MR) is 110 cm³/mol. The number of carbonyl (C=O) groups excluding carboxylic acids is 1. The first-order chi connectivity index (χ1) is 14.6. The fourth-order valence-electron chi connectivity index (χ4n) is 3.40. The summed E-state index contributed by atoms with van der Waals surface area (Å²) < 4.78 is 19.0. The summed E-state index contributed by atoms with van der Waals surface area (Å²) in [6.45, 7) is 2.03. The Kier molecular flexibility index (Phi) is 5.38. The highest BCUT2D eigenvalue weighted by molar-refractivity contribution is 5.91. The van der Waals surface area contributed by atoms with E-state index in [1.807, 2.05) is 30.3 Å². The van der Waals surface area contributed by atoms with E-state index in [9.17, 15) is 14.3 Å². The zero-order valence-electron chi connectivity index (χ0n) is 16.2. The number of hydrogen-bond acceptors (Lipinski definition) is 7. The molecular weight excluding hydrogens is 387 g/mol. The van der Waals surface area contributed by atoms with Gasteiger partial charge in [0.2, 0.25) is 0 Å². The number of phenols is 1. The second-order valence-electron chi connectivity index (χ2n) is 6.78. The van der Waals surface area contributed by atoms with Crippen molar-refractivity contribution in [2.45, 2.75) is 19.1 Å². The predicted octanol–water partition coefficient (Wildman–Crippen LogP) is 2.73. The molecule has 0 aliphatic carbocycles. The summed E-state index contributed by atoms with van der Waals surface area (Å²) in [6.07, 6.45) is 4.40. The van der Waals surface area contributed by atoms with Crippen molar-refractivity contribution in [2.75, 3.05) is 6.61 Å². The van der Waals surface area contributed by atoms with Gasteiger partial charge < -0.3 is 20.6 Å². The number of nitrogens with one attached hydrogen (secondary N) is 2. The second kappa shape index (κ2) is 8.28. The molecule has 0 amide bonds. The number of aliphatic imine (C=N–C) groups is 1. The van der Waals surface area contributed by atoms with Gasteiger partial charge in [-0.1, -0.05) is 30.3 Å². The first-order valence-electron chi connectivity index (χ1n) is 9.53. The van der Waals surface area contributed by atoms with Crippen molar-refractivity contribution >= 4 is 12.2 Å². The van der Waals surface area contributed by atoms with Gasteiger partial charge in [0.1, 0.15) is 17.1 Å². The summed E-state index contributed by atoms with van der Waals surface area (Å²) >= 11 is 0. The van der Waals surface area contributed by atoms with Crippen LogP contribution in [0, 0.1) is 5.82 Å². The number of hydrazine groups is 1. The average Bonchev–Trinajstić information content (AvgIpc) is 3.18. The smallest absolute Gasteiger partial charge is 0.339 e. The van der Waals surface area contributed by atoms with E-state index in [1.54, 1.807) is 30.5 Å². The Morgan fingerprint density at radius 3 is 2.90 bits per heavy atom. The van der Waals surface area contributed by atoms with Crippen molar-refractivity contribution in [3.63, 3.8) is 0 Å². The molecule has 2 atom stereocenters.